The molecule has 0 saturated carbocycles. The maximum atomic E-state index is 6.41. The van der Waals surface area contributed by atoms with Crippen molar-refractivity contribution in [2.75, 3.05) is 17.7 Å². The molecule has 0 aliphatic heterocycles. The Bertz CT molecular complexity index is 980. The van der Waals surface area contributed by atoms with Gasteiger partial charge >= 0.3 is 6.01 Å². The van der Waals surface area contributed by atoms with E-state index < -0.39 is 0 Å². The van der Waals surface area contributed by atoms with E-state index in [-0.39, 0.29) is 6.04 Å². The van der Waals surface area contributed by atoms with Crippen LogP contribution in [0.3, 0.4) is 0 Å². The Balaban J connectivity index is 1.90. The second-order valence-electron chi connectivity index (χ2n) is 7.05. The molecule has 158 valence electrons. The third kappa shape index (κ3) is 5.36. The fourth-order valence-corrected chi connectivity index (χ4v) is 3.16. The van der Waals surface area contributed by atoms with E-state index in [1.807, 2.05) is 18.2 Å². The van der Waals surface area contributed by atoms with Gasteiger partial charge in [-0.2, -0.15) is 4.98 Å². The molecule has 2 N–H and O–H groups in total. The minimum Gasteiger partial charge on any atom is -0.467 e. The lowest BCUT2D eigenvalue weighted by Crippen LogP contribution is -2.16. The molecule has 30 heavy (non-hydrogen) atoms. The fourth-order valence-electron chi connectivity index (χ4n) is 2.89. The van der Waals surface area contributed by atoms with Crippen LogP contribution in [0.2, 0.25) is 5.02 Å². The van der Waals surface area contributed by atoms with Crippen LogP contribution in [0.25, 0.3) is 11.1 Å². The number of ether oxygens (including phenoxy) is 1. The maximum absolute atomic E-state index is 6.41. The van der Waals surface area contributed by atoms with Crippen LogP contribution in [-0.2, 0) is 6.42 Å². The summed E-state index contributed by atoms with van der Waals surface area (Å²) < 4.78 is 5.05. The fraction of sp³-hybridized carbons (Fsp3) is 0.364. The lowest BCUT2D eigenvalue weighted by molar-refractivity contribution is 0.380. The quantitative estimate of drug-likeness (QED) is 0.467. The van der Waals surface area contributed by atoms with Crippen molar-refractivity contribution in [2.24, 2.45) is 0 Å². The van der Waals surface area contributed by atoms with E-state index >= 15 is 0 Å². The normalized spacial score (nSPS) is 11.8. The highest BCUT2D eigenvalue weighted by Gasteiger charge is 2.13. The van der Waals surface area contributed by atoms with Crippen molar-refractivity contribution in [3.05, 3.63) is 47.4 Å². The van der Waals surface area contributed by atoms with Gasteiger partial charge in [-0.05, 0) is 37.5 Å². The zero-order valence-electron chi connectivity index (χ0n) is 17.7. The van der Waals surface area contributed by atoms with Gasteiger partial charge in [0, 0.05) is 46.5 Å². The van der Waals surface area contributed by atoms with E-state index in [9.17, 15) is 0 Å². The van der Waals surface area contributed by atoms with Crippen LogP contribution in [0.5, 0.6) is 6.01 Å². The minimum absolute atomic E-state index is 0.244. The molecule has 1 atom stereocenters. The Morgan fingerprint density at radius 3 is 2.50 bits per heavy atom. The first-order valence-corrected chi connectivity index (χ1v) is 10.5. The SMILES string of the molecule is CCCc1ccc(Nc2ncc(-c3cnc(OC)nc3)c(NC(C)CC)n2)cc1Cl. The second kappa shape index (κ2) is 10.2. The number of hydrogen-bond acceptors (Lipinski definition) is 7. The standard InChI is InChI=1S/C22H27ClN6O/c1-5-7-15-8-9-17(10-19(15)23)28-21-24-13-18(20(29-21)27-14(3)6-2)16-11-25-22(30-4)26-12-16/h8-14H,5-7H2,1-4H3,(H2,24,27,28,29). The molecule has 8 heteroatoms. The first kappa shape index (κ1) is 21.8. The van der Waals surface area contributed by atoms with Crippen molar-refractivity contribution in [1.82, 2.24) is 19.9 Å². The molecule has 0 saturated heterocycles. The summed E-state index contributed by atoms with van der Waals surface area (Å²) in [6.07, 6.45) is 8.13. The van der Waals surface area contributed by atoms with Crippen LogP contribution >= 0.6 is 11.6 Å². The average molecular weight is 427 g/mol. The molecular formula is C22H27ClN6O. The number of nitrogens with one attached hydrogen (secondary N) is 2. The predicted molar refractivity (Wildman–Crippen MR) is 122 cm³/mol. The zero-order valence-corrected chi connectivity index (χ0v) is 18.5. The molecule has 0 aliphatic carbocycles. The monoisotopic (exact) mass is 426 g/mol. The van der Waals surface area contributed by atoms with Gasteiger partial charge in [0.05, 0.1) is 7.11 Å². The second-order valence-corrected chi connectivity index (χ2v) is 7.46. The van der Waals surface area contributed by atoms with E-state index in [2.05, 4.69) is 46.4 Å². The van der Waals surface area contributed by atoms with Gasteiger partial charge in [0.15, 0.2) is 0 Å². The van der Waals surface area contributed by atoms with Crippen LogP contribution < -0.4 is 15.4 Å². The van der Waals surface area contributed by atoms with Gasteiger partial charge in [-0.1, -0.05) is 37.9 Å². The molecule has 2 aromatic heterocycles. The highest BCUT2D eigenvalue weighted by Crippen LogP contribution is 2.29. The number of benzene rings is 1. The molecular weight excluding hydrogens is 400 g/mol. The molecule has 0 bridgehead atoms. The molecule has 0 aliphatic rings. The number of halogens is 1. The van der Waals surface area contributed by atoms with Crippen LogP contribution in [0.15, 0.2) is 36.8 Å². The Labute approximate surface area is 182 Å². The highest BCUT2D eigenvalue weighted by molar-refractivity contribution is 6.31. The van der Waals surface area contributed by atoms with Crippen LogP contribution in [0.4, 0.5) is 17.5 Å². The largest absolute Gasteiger partial charge is 0.467 e. The number of anilines is 3. The molecule has 1 unspecified atom stereocenters. The first-order valence-electron chi connectivity index (χ1n) is 10.1. The number of nitrogens with zero attached hydrogens (tertiary/aromatic N) is 4. The van der Waals surface area contributed by atoms with E-state index in [0.717, 1.165) is 46.7 Å². The van der Waals surface area contributed by atoms with Crippen molar-refractivity contribution in [2.45, 2.75) is 46.1 Å². The Hall–Kier alpha value is -2.93. The van der Waals surface area contributed by atoms with Crippen LogP contribution in [0.1, 0.15) is 39.2 Å². The van der Waals surface area contributed by atoms with Gasteiger partial charge in [-0.3, -0.25) is 0 Å². The van der Waals surface area contributed by atoms with Crippen molar-refractivity contribution in [3.8, 4) is 17.1 Å². The molecule has 0 spiro atoms. The summed E-state index contributed by atoms with van der Waals surface area (Å²) in [5.74, 6) is 1.20. The molecule has 0 amide bonds. The third-order valence-corrected chi connectivity index (χ3v) is 5.09. The number of aromatic nitrogens is 4. The summed E-state index contributed by atoms with van der Waals surface area (Å²) in [4.78, 5) is 17.6. The number of methoxy groups -OCH3 is 1. The van der Waals surface area contributed by atoms with E-state index in [4.69, 9.17) is 21.3 Å². The smallest absolute Gasteiger partial charge is 0.316 e. The molecule has 2 heterocycles. The van der Waals surface area contributed by atoms with Gasteiger partial charge in [0.2, 0.25) is 5.95 Å². The molecule has 3 aromatic rings. The Kier molecular flexibility index (Phi) is 7.41. The molecule has 7 nitrogen and oxygen atoms in total. The Morgan fingerprint density at radius 1 is 1.10 bits per heavy atom. The number of rotatable bonds is 9. The Morgan fingerprint density at radius 2 is 1.87 bits per heavy atom. The van der Waals surface area contributed by atoms with Crippen molar-refractivity contribution >= 4 is 29.1 Å². The van der Waals surface area contributed by atoms with Gasteiger partial charge < -0.3 is 15.4 Å². The lowest BCUT2D eigenvalue weighted by atomic mass is 10.1. The van der Waals surface area contributed by atoms with Crippen molar-refractivity contribution < 1.29 is 4.74 Å². The summed E-state index contributed by atoms with van der Waals surface area (Å²) in [5, 5.41) is 7.43. The third-order valence-electron chi connectivity index (χ3n) is 4.73. The number of aryl methyl sites for hydroxylation is 1. The summed E-state index contributed by atoms with van der Waals surface area (Å²) in [6, 6.07) is 6.50. The number of hydrogen-bond donors (Lipinski definition) is 2. The summed E-state index contributed by atoms with van der Waals surface area (Å²) >= 11 is 6.41. The van der Waals surface area contributed by atoms with Gasteiger partial charge in [0.1, 0.15) is 5.82 Å². The molecule has 0 radical (unpaired) electrons. The van der Waals surface area contributed by atoms with E-state index in [1.165, 1.54) is 7.11 Å². The molecule has 0 fully saturated rings. The van der Waals surface area contributed by atoms with Crippen LogP contribution in [0, 0.1) is 0 Å². The van der Waals surface area contributed by atoms with E-state index in [1.54, 1.807) is 18.6 Å². The lowest BCUT2D eigenvalue weighted by Gasteiger charge is -2.17. The summed E-state index contributed by atoms with van der Waals surface area (Å²) in [6.45, 7) is 6.36. The van der Waals surface area contributed by atoms with Gasteiger partial charge in [-0.15, -0.1) is 0 Å². The highest BCUT2D eigenvalue weighted by atomic mass is 35.5. The first-order chi connectivity index (χ1) is 14.5. The van der Waals surface area contributed by atoms with Gasteiger partial charge in [0.25, 0.3) is 0 Å². The average Bonchev–Trinajstić information content (AvgIpc) is 2.76. The zero-order chi connectivity index (χ0) is 21.5. The summed E-state index contributed by atoms with van der Waals surface area (Å²) in [7, 11) is 1.54. The molecule has 3 rings (SSSR count). The van der Waals surface area contributed by atoms with Crippen molar-refractivity contribution in [3.63, 3.8) is 0 Å². The van der Waals surface area contributed by atoms with Crippen LogP contribution in [-0.4, -0.2) is 33.1 Å². The maximum Gasteiger partial charge on any atom is 0.316 e. The van der Waals surface area contributed by atoms with Crippen molar-refractivity contribution in [1.29, 1.82) is 0 Å². The summed E-state index contributed by atoms with van der Waals surface area (Å²) in [5.41, 5.74) is 3.61. The molecule has 1 aromatic carbocycles. The predicted octanol–water partition coefficient (Wildman–Crippen LogP) is 5.50. The van der Waals surface area contributed by atoms with E-state index in [0.29, 0.717) is 17.8 Å². The van der Waals surface area contributed by atoms with Gasteiger partial charge in [-0.25, -0.2) is 15.0 Å². The minimum atomic E-state index is 0.244. The topological polar surface area (TPSA) is 84.9 Å².